The van der Waals surface area contributed by atoms with E-state index in [9.17, 15) is 18.8 Å². The molecule has 7 nitrogen and oxygen atoms in total. The highest BCUT2D eigenvalue weighted by Gasteiger charge is 2.32. The van der Waals surface area contributed by atoms with Gasteiger partial charge >= 0.3 is 0 Å². The Labute approximate surface area is 242 Å². The maximum Gasteiger partial charge on any atom is 0.252 e. The van der Waals surface area contributed by atoms with Crippen LogP contribution in [0.5, 0.6) is 0 Å². The van der Waals surface area contributed by atoms with E-state index in [-0.39, 0.29) is 12.5 Å². The number of carbonyl (C=O) groups is 3. The second kappa shape index (κ2) is 13.6. The molecule has 0 fully saturated rings. The van der Waals surface area contributed by atoms with Crippen LogP contribution in [0, 0.1) is 5.82 Å². The van der Waals surface area contributed by atoms with Gasteiger partial charge in [-0.2, -0.15) is 0 Å². The first-order chi connectivity index (χ1) is 19.7. The molecule has 3 amide bonds. The van der Waals surface area contributed by atoms with E-state index in [0.29, 0.717) is 27.7 Å². The number of amides is 3. The highest BCUT2D eigenvalue weighted by Crippen LogP contribution is 2.30. The van der Waals surface area contributed by atoms with Crippen molar-refractivity contribution in [1.29, 1.82) is 0 Å². The van der Waals surface area contributed by atoms with Gasteiger partial charge in [0, 0.05) is 28.5 Å². The number of nitrogens with zero attached hydrogens (tertiary/aromatic N) is 1. The molecule has 0 aliphatic rings. The van der Waals surface area contributed by atoms with Crippen molar-refractivity contribution in [3.63, 3.8) is 0 Å². The molecule has 0 aliphatic carbocycles. The van der Waals surface area contributed by atoms with Crippen molar-refractivity contribution >= 4 is 40.7 Å². The molecule has 4 aromatic rings. The molecule has 4 rings (SSSR count). The van der Waals surface area contributed by atoms with Gasteiger partial charge in [-0.3, -0.25) is 19.3 Å². The van der Waals surface area contributed by atoms with Gasteiger partial charge in [0.15, 0.2) is 0 Å². The van der Waals surface area contributed by atoms with Gasteiger partial charge in [0.2, 0.25) is 11.8 Å². The van der Waals surface area contributed by atoms with Gasteiger partial charge in [0.05, 0.1) is 12.8 Å². The monoisotopic (exact) mass is 573 g/mol. The molecule has 1 heterocycles. The van der Waals surface area contributed by atoms with E-state index < -0.39 is 29.6 Å². The van der Waals surface area contributed by atoms with Crippen molar-refractivity contribution in [1.82, 2.24) is 5.32 Å². The third-order valence-corrected chi connectivity index (χ3v) is 6.49. The summed E-state index contributed by atoms with van der Waals surface area (Å²) in [6.07, 6.45) is 3.66. The SMILES string of the molecule is CC(C)c1ccc(N(C(=O)/C=C\C(=O)Nc2cccc(Cl)c2)[C@@H](C(=O)NCc2ccco2)c2ccc(F)cc2)cc1. The van der Waals surface area contributed by atoms with Crippen LogP contribution in [-0.2, 0) is 20.9 Å². The summed E-state index contributed by atoms with van der Waals surface area (Å²) in [4.78, 5) is 41.3. The number of nitrogens with one attached hydrogen (secondary N) is 2. The molecule has 0 radical (unpaired) electrons. The fourth-order valence-corrected chi connectivity index (χ4v) is 4.34. The topological polar surface area (TPSA) is 91.7 Å². The summed E-state index contributed by atoms with van der Waals surface area (Å²) in [6, 6.07) is 21.4. The third-order valence-electron chi connectivity index (χ3n) is 6.25. The minimum Gasteiger partial charge on any atom is -0.467 e. The molecule has 2 N–H and O–H groups in total. The standard InChI is InChI=1S/C32H29ClFN3O4/c1-21(2)22-10-14-27(15-11-22)37(30(39)17-16-29(38)36-26-6-3-5-24(33)19-26)31(23-8-12-25(34)13-9-23)32(40)35-20-28-7-4-18-41-28/h3-19,21,31H,20H2,1-2H3,(H,35,40)(H,36,38)/b17-16-/t31-/m1/s1. The van der Waals surface area contributed by atoms with E-state index in [1.807, 2.05) is 26.0 Å². The first-order valence-corrected chi connectivity index (χ1v) is 13.3. The number of hydrogen-bond donors (Lipinski definition) is 2. The second-order valence-corrected chi connectivity index (χ2v) is 9.98. The molecule has 0 saturated heterocycles. The van der Waals surface area contributed by atoms with Crippen molar-refractivity contribution < 1.29 is 23.2 Å². The van der Waals surface area contributed by atoms with E-state index in [0.717, 1.165) is 17.7 Å². The first-order valence-electron chi connectivity index (χ1n) is 12.9. The molecule has 1 aromatic heterocycles. The van der Waals surface area contributed by atoms with Crippen LogP contribution in [-0.4, -0.2) is 17.7 Å². The summed E-state index contributed by atoms with van der Waals surface area (Å²) in [7, 11) is 0. The molecule has 0 spiro atoms. The number of halogens is 2. The smallest absolute Gasteiger partial charge is 0.252 e. The van der Waals surface area contributed by atoms with Crippen molar-refractivity contribution in [3.8, 4) is 0 Å². The molecule has 0 bridgehead atoms. The summed E-state index contributed by atoms with van der Waals surface area (Å²) in [5.41, 5.74) is 2.29. The van der Waals surface area contributed by atoms with Crippen molar-refractivity contribution in [2.45, 2.75) is 32.4 Å². The van der Waals surface area contributed by atoms with E-state index in [2.05, 4.69) is 10.6 Å². The van der Waals surface area contributed by atoms with Crippen LogP contribution < -0.4 is 15.5 Å². The largest absolute Gasteiger partial charge is 0.467 e. The van der Waals surface area contributed by atoms with Crippen molar-refractivity contribution in [2.75, 3.05) is 10.2 Å². The summed E-state index contributed by atoms with van der Waals surface area (Å²) >= 11 is 5.99. The molecule has 9 heteroatoms. The maximum atomic E-state index is 13.8. The minimum absolute atomic E-state index is 0.0791. The zero-order chi connectivity index (χ0) is 29.4. The minimum atomic E-state index is -1.19. The highest BCUT2D eigenvalue weighted by atomic mass is 35.5. The molecular formula is C32H29ClFN3O4. The van der Waals surface area contributed by atoms with Gasteiger partial charge in [-0.25, -0.2) is 4.39 Å². The number of anilines is 2. The zero-order valence-corrected chi connectivity index (χ0v) is 23.3. The van der Waals surface area contributed by atoms with E-state index in [1.165, 1.54) is 35.4 Å². The van der Waals surface area contributed by atoms with Gasteiger partial charge in [0.1, 0.15) is 17.6 Å². The van der Waals surface area contributed by atoms with E-state index in [4.69, 9.17) is 16.0 Å². The Hall–Kier alpha value is -4.69. The lowest BCUT2D eigenvalue weighted by atomic mass is 10.0. The van der Waals surface area contributed by atoms with Crippen LogP contribution >= 0.6 is 11.6 Å². The van der Waals surface area contributed by atoms with Crippen LogP contribution in [0.3, 0.4) is 0 Å². The van der Waals surface area contributed by atoms with Crippen LogP contribution in [0.2, 0.25) is 5.02 Å². The molecule has 41 heavy (non-hydrogen) atoms. The Bertz CT molecular complexity index is 1520. The van der Waals surface area contributed by atoms with Gasteiger partial charge in [-0.15, -0.1) is 0 Å². The maximum absolute atomic E-state index is 13.8. The number of rotatable bonds is 10. The van der Waals surface area contributed by atoms with Gasteiger partial charge in [-0.05, 0) is 71.6 Å². The van der Waals surface area contributed by atoms with Crippen molar-refractivity contribution in [2.24, 2.45) is 0 Å². The first kappa shape index (κ1) is 29.3. The van der Waals surface area contributed by atoms with Crippen LogP contribution in [0.1, 0.15) is 42.7 Å². The quantitative estimate of drug-likeness (QED) is 0.205. The Morgan fingerprint density at radius 2 is 1.63 bits per heavy atom. The van der Waals surface area contributed by atoms with Gasteiger partial charge in [0.25, 0.3) is 5.91 Å². The molecule has 0 unspecified atom stereocenters. The summed E-state index contributed by atoms with van der Waals surface area (Å²) in [5, 5.41) is 5.90. The molecule has 1 atom stereocenters. The number of carbonyl (C=O) groups excluding carboxylic acids is 3. The number of benzene rings is 3. The fourth-order valence-electron chi connectivity index (χ4n) is 4.15. The zero-order valence-electron chi connectivity index (χ0n) is 22.5. The Morgan fingerprint density at radius 1 is 0.927 bits per heavy atom. The molecule has 210 valence electrons. The average molecular weight is 574 g/mol. The van der Waals surface area contributed by atoms with Crippen molar-refractivity contribution in [3.05, 3.63) is 131 Å². The van der Waals surface area contributed by atoms with Gasteiger partial charge in [-0.1, -0.05) is 55.8 Å². The predicted molar refractivity (Wildman–Crippen MR) is 157 cm³/mol. The second-order valence-electron chi connectivity index (χ2n) is 9.54. The molecule has 0 saturated carbocycles. The lowest BCUT2D eigenvalue weighted by molar-refractivity contribution is -0.125. The Kier molecular flexibility index (Phi) is 9.71. The molecule has 0 aliphatic heterocycles. The Morgan fingerprint density at radius 3 is 2.27 bits per heavy atom. The average Bonchev–Trinajstić information content (AvgIpc) is 3.48. The molecular weight excluding hydrogens is 545 g/mol. The summed E-state index contributed by atoms with van der Waals surface area (Å²) < 4.78 is 19.2. The summed E-state index contributed by atoms with van der Waals surface area (Å²) in [6.45, 7) is 4.17. The van der Waals surface area contributed by atoms with Crippen LogP contribution in [0.15, 0.2) is 108 Å². The van der Waals surface area contributed by atoms with Crippen LogP contribution in [0.25, 0.3) is 0 Å². The number of hydrogen-bond acceptors (Lipinski definition) is 4. The summed E-state index contributed by atoms with van der Waals surface area (Å²) in [5.74, 6) is -1.44. The van der Waals surface area contributed by atoms with Crippen LogP contribution in [0.4, 0.5) is 15.8 Å². The normalized spacial score (nSPS) is 11.8. The molecule has 3 aromatic carbocycles. The highest BCUT2D eigenvalue weighted by molar-refractivity contribution is 6.31. The third kappa shape index (κ3) is 7.93. The number of furan rings is 1. The van der Waals surface area contributed by atoms with E-state index >= 15 is 0 Å². The predicted octanol–water partition coefficient (Wildman–Crippen LogP) is 6.78. The Balaban J connectivity index is 1.69. The van der Waals surface area contributed by atoms with Gasteiger partial charge < -0.3 is 15.1 Å². The van der Waals surface area contributed by atoms with E-state index in [1.54, 1.807) is 48.5 Å². The lowest BCUT2D eigenvalue weighted by Crippen LogP contribution is -2.43. The fraction of sp³-hybridized carbons (Fsp3) is 0.156. The lowest BCUT2D eigenvalue weighted by Gasteiger charge is -2.31.